The Morgan fingerprint density at radius 2 is 1.78 bits per heavy atom. The minimum absolute atomic E-state index is 0.0950. The SMILES string of the molecule is CCCNC(=O)C(=O)NC[C@H](c1cccnc1)S(=O)(=O)c1ccc(F)cc1. The van der Waals surface area contributed by atoms with Crippen molar-refractivity contribution in [2.24, 2.45) is 0 Å². The first-order valence-electron chi connectivity index (χ1n) is 8.31. The largest absolute Gasteiger partial charge is 0.348 e. The van der Waals surface area contributed by atoms with Crippen molar-refractivity contribution >= 4 is 21.7 Å². The van der Waals surface area contributed by atoms with Crippen LogP contribution in [0.3, 0.4) is 0 Å². The fraction of sp³-hybridized carbons (Fsp3) is 0.278. The standard InChI is InChI=1S/C18H20FN3O4S/c1-2-9-21-17(23)18(24)22-12-16(13-4-3-10-20-11-13)27(25,26)15-7-5-14(19)6-8-15/h3-8,10-11,16H,2,9,12H2,1H3,(H,21,23)(H,22,24)/t16-/m1/s1. The van der Waals surface area contributed by atoms with Crippen LogP contribution in [0.5, 0.6) is 0 Å². The summed E-state index contributed by atoms with van der Waals surface area (Å²) < 4.78 is 39.1. The first-order valence-corrected chi connectivity index (χ1v) is 9.86. The number of pyridine rings is 1. The van der Waals surface area contributed by atoms with Crippen molar-refractivity contribution in [1.29, 1.82) is 0 Å². The minimum Gasteiger partial charge on any atom is -0.348 e. The normalized spacial score (nSPS) is 12.2. The molecule has 2 N–H and O–H groups in total. The third-order valence-corrected chi connectivity index (χ3v) is 5.88. The van der Waals surface area contributed by atoms with Crippen LogP contribution >= 0.6 is 0 Å². The van der Waals surface area contributed by atoms with Crippen molar-refractivity contribution in [2.45, 2.75) is 23.5 Å². The summed E-state index contributed by atoms with van der Waals surface area (Å²) in [5.74, 6) is -2.32. The predicted molar refractivity (Wildman–Crippen MR) is 96.9 cm³/mol. The highest BCUT2D eigenvalue weighted by atomic mass is 32.2. The van der Waals surface area contributed by atoms with E-state index < -0.39 is 32.7 Å². The van der Waals surface area contributed by atoms with E-state index in [9.17, 15) is 22.4 Å². The van der Waals surface area contributed by atoms with Gasteiger partial charge in [-0.05, 0) is 42.3 Å². The maximum absolute atomic E-state index is 13.1. The van der Waals surface area contributed by atoms with Crippen LogP contribution in [-0.2, 0) is 19.4 Å². The number of hydrogen-bond acceptors (Lipinski definition) is 5. The summed E-state index contributed by atoms with van der Waals surface area (Å²) in [6.45, 7) is 1.85. The maximum atomic E-state index is 13.1. The molecular formula is C18H20FN3O4S. The molecule has 0 aliphatic heterocycles. The number of benzene rings is 1. The summed E-state index contributed by atoms with van der Waals surface area (Å²) in [7, 11) is -3.96. The van der Waals surface area contributed by atoms with E-state index in [1.165, 1.54) is 12.4 Å². The second-order valence-electron chi connectivity index (χ2n) is 5.74. The van der Waals surface area contributed by atoms with E-state index in [0.717, 1.165) is 24.3 Å². The lowest BCUT2D eigenvalue weighted by atomic mass is 10.2. The van der Waals surface area contributed by atoms with Crippen LogP contribution in [0, 0.1) is 5.82 Å². The van der Waals surface area contributed by atoms with E-state index in [2.05, 4.69) is 15.6 Å². The van der Waals surface area contributed by atoms with Gasteiger partial charge in [0.25, 0.3) is 0 Å². The molecule has 0 bridgehead atoms. The molecule has 0 radical (unpaired) electrons. The van der Waals surface area contributed by atoms with Crippen molar-refractivity contribution < 1.29 is 22.4 Å². The molecule has 2 amide bonds. The third-order valence-electron chi connectivity index (χ3n) is 3.76. The molecule has 0 spiro atoms. The maximum Gasteiger partial charge on any atom is 0.309 e. The molecule has 2 rings (SSSR count). The average molecular weight is 393 g/mol. The lowest BCUT2D eigenvalue weighted by Gasteiger charge is -2.18. The zero-order valence-electron chi connectivity index (χ0n) is 14.7. The number of nitrogens with one attached hydrogen (secondary N) is 2. The number of carbonyl (C=O) groups excluding carboxylic acids is 2. The minimum atomic E-state index is -3.96. The first-order chi connectivity index (χ1) is 12.9. The number of halogens is 1. The lowest BCUT2D eigenvalue weighted by molar-refractivity contribution is -0.139. The van der Waals surface area contributed by atoms with Crippen molar-refractivity contribution in [1.82, 2.24) is 15.6 Å². The predicted octanol–water partition coefficient (Wildman–Crippen LogP) is 1.38. The number of amides is 2. The van der Waals surface area contributed by atoms with Gasteiger partial charge in [-0.15, -0.1) is 0 Å². The number of sulfone groups is 1. The van der Waals surface area contributed by atoms with Crippen LogP contribution in [0.15, 0.2) is 53.7 Å². The van der Waals surface area contributed by atoms with Gasteiger partial charge in [-0.2, -0.15) is 0 Å². The number of hydrogen-bond donors (Lipinski definition) is 2. The van der Waals surface area contributed by atoms with Gasteiger partial charge in [0.2, 0.25) is 0 Å². The molecule has 1 heterocycles. The fourth-order valence-corrected chi connectivity index (χ4v) is 3.99. The molecule has 1 atom stereocenters. The van der Waals surface area contributed by atoms with Gasteiger partial charge in [0, 0.05) is 25.5 Å². The summed E-state index contributed by atoms with van der Waals surface area (Å²) in [6.07, 6.45) is 3.52. The van der Waals surface area contributed by atoms with Gasteiger partial charge in [-0.3, -0.25) is 14.6 Å². The summed E-state index contributed by atoms with van der Waals surface area (Å²) in [5, 5.41) is 3.58. The smallest absolute Gasteiger partial charge is 0.309 e. The Balaban J connectivity index is 2.26. The van der Waals surface area contributed by atoms with Crippen LogP contribution in [0.1, 0.15) is 24.2 Å². The number of nitrogens with zero attached hydrogens (tertiary/aromatic N) is 1. The average Bonchev–Trinajstić information content (AvgIpc) is 2.67. The van der Waals surface area contributed by atoms with Crippen molar-refractivity contribution in [2.75, 3.05) is 13.1 Å². The number of carbonyl (C=O) groups is 2. The van der Waals surface area contributed by atoms with E-state index in [4.69, 9.17) is 0 Å². The zero-order chi connectivity index (χ0) is 19.9. The molecule has 1 aromatic heterocycles. The summed E-state index contributed by atoms with van der Waals surface area (Å²) in [4.78, 5) is 27.4. The number of aromatic nitrogens is 1. The molecular weight excluding hydrogens is 373 g/mol. The Kier molecular flexibility index (Phi) is 7.00. The van der Waals surface area contributed by atoms with Crippen LogP contribution in [0.25, 0.3) is 0 Å². The van der Waals surface area contributed by atoms with E-state index in [1.54, 1.807) is 12.1 Å². The molecule has 0 fully saturated rings. The molecule has 0 unspecified atom stereocenters. The summed E-state index contributed by atoms with van der Waals surface area (Å²) in [6, 6.07) is 7.53. The van der Waals surface area contributed by atoms with Crippen molar-refractivity contribution in [3.63, 3.8) is 0 Å². The Hall–Kier alpha value is -2.81. The Morgan fingerprint density at radius 1 is 1.11 bits per heavy atom. The first kappa shape index (κ1) is 20.5. The van der Waals surface area contributed by atoms with E-state index >= 15 is 0 Å². The molecule has 7 nitrogen and oxygen atoms in total. The molecule has 0 aliphatic carbocycles. The van der Waals surface area contributed by atoms with Crippen molar-refractivity contribution in [3.8, 4) is 0 Å². The highest BCUT2D eigenvalue weighted by molar-refractivity contribution is 7.91. The monoisotopic (exact) mass is 393 g/mol. The topological polar surface area (TPSA) is 105 Å². The van der Waals surface area contributed by atoms with Crippen molar-refractivity contribution in [3.05, 3.63) is 60.2 Å². The van der Waals surface area contributed by atoms with E-state index in [0.29, 0.717) is 18.5 Å². The molecule has 0 aliphatic rings. The third kappa shape index (κ3) is 5.33. The van der Waals surface area contributed by atoms with Crippen LogP contribution in [0.4, 0.5) is 4.39 Å². The highest BCUT2D eigenvalue weighted by Crippen LogP contribution is 2.28. The molecule has 0 saturated heterocycles. The molecule has 9 heteroatoms. The van der Waals surface area contributed by atoms with Crippen LogP contribution in [0.2, 0.25) is 0 Å². The molecule has 144 valence electrons. The Labute approximate surface area is 156 Å². The number of rotatable bonds is 7. The van der Waals surface area contributed by atoms with Gasteiger partial charge in [-0.1, -0.05) is 13.0 Å². The molecule has 0 saturated carbocycles. The molecule has 1 aromatic carbocycles. The highest BCUT2D eigenvalue weighted by Gasteiger charge is 2.30. The van der Waals surface area contributed by atoms with E-state index in [1.807, 2.05) is 6.92 Å². The van der Waals surface area contributed by atoms with Crippen LogP contribution < -0.4 is 10.6 Å². The van der Waals surface area contributed by atoms with E-state index in [-0.39, 0.29) is 11.4 Å². The lowest BCUT2D eigenvalue weighted by Crippen LogP contribution is -2.42. The second kappa shape index (κ2) is 9.22. The van der Waals surface area contributed by atoms with Gasteiger partial charge in [0.05, 0.1) is 4.90 Å². The zero-order valence-corrected chi connectivity index (χ0v) is 15.5. The van der Waals surface area contributed by atoms with Gasteiger partial charge in [-0.25, -0.2) is 12.8 Å². The Bertz CT molecular complexity index is 887. The molecule has 27 heavy (non-hydrogen) atoms. The summed E-state index contributed by atoms with van der Waals surface area (Å²) in [5.41, 5.74) is 0.344. The van der Waals surface area contributed by atoms with Gasteiger partial charge < -0.3 is 10.6 Å². The fourth-order valence-electron chi connectivity index (χ4n) is 2.35. The second-order valence-corrected chi connectivity index (χ2v) is 7.87. The van der Waals surface area contributed by atoms with Gasteiger partial charge in [0.15, 0.2) is 9.84 Å². The van der Waals surface area contributed by atoms with Gasteiger partial charge >= 0.3 is 11.8 Å². The molecule has 2 aromatic rings. The van der Waals surface area contributed by atoms with Crippen LogP contribution in [-0.4, -0.2) is 38.3 Å². The Morgan fingerprint density at radius 3 is 2.37 bits per heavy atom. The van der Waals surface area contributed by atoms with Gasteiger partial charge in [0.1, 0.15) is 11.1 Å². The quantitative estimate of drug-likeness (QED) is 0.546. The summed E-state index contributed by atoms with van der Waals surface area (Å²) >= 11 is 0.